The summed E-state index contributed by atoms with van der Waals surface area (Å²) in [5, 5.41) is 28.5. The number of methoxy groups -OCH3 is 1. The van der Waals surface area contributed by atoms with Crippen LogP contribution in [0.1, 0.15) is 50.8 Å². The van der Waals surface area contributed by atoms with Crippen LogP contribution in [-0.2, 0) is 6.61 Å². The van der Waals surface area contributed by atoms with E-state index in [1.54, 1.807) is 32.2 Å². The second-order valence-electron chi connectivity index (χ2n) is 8.17. The maximum atomic E-state index is 11.1. The molecule has 0 aliphatic heterocycles. The van der Waals surface area contributed by atoms with Gasteiger partial charge < -0.3 is 20.3 Å². The summed E-state index contributed by atoms with van der Waals surface area (Å²) in [6.45, 7) is 3.81. The van der Waals surface area contributed by atoms with E-state index < -0.39 is 5.97 Å². The van der Waals surface area contributed by atoms with Crippen LogP contribution in [0.25, 0.3) is 17.2 Å². The lowest BCUT2D eigenvalue weighted by molar-refractivity contribution is 0.0697. The lowest BCUT2D eigenvalue weighted by Crippen LogP contribution is -2.04. The van der Waals surface area contributed by atoms with Gasteiger partial charge in [-0.15, -0.1) is 0 Å². The summed E-state index contributed by atoms with van der Waals surface area (Å²) in [5.74, 6) is 0.0898. The molecule has 0 radical (unpaired) electrons. The summed E-state index contributed by atoms with van der Waals surface area (Å²) < 4.78 is 11.7. The number of benzene rings is 2. The van der Waals surface area contributed by atoms with Crippen molar-refractivity contribution in [3.8, 4) is 23.6 Å². The lowest BCUT2D eigenvalue weighted by atomic mass is 9.95. The van der Waals surface area contributed by atoms with E-state index in [1.807, 2.05) is 25.1 Å². The molecule has 3 aromatic rings. The molecule has 0 atom stereocenters. The standard InChI is InChI=1S/C28H22N4O4/c1-15-20(24-16(2)22(13-30)27(31)32-25(24)21(15)12-29)11-19-5-4-6-23(35-3)26(19)36-14-17-7-9-18(10-8-17)28(33)34/h4-11H,14H2,1-3H3,(H2,31,32)(H,33,34)/b20-11-. The first-order valence-corrected chi connectivity index (χ1v) is 11.0. The van der Waals surface area contributed by atoms with Crippen LogP contribution >= 0.6 is 0 Å². The predicted octanol–water partition coefficient (Wildman–Crippen LogP) is 4.98. The number of carbonyl (C=O) groups is 1. The maximum Gasteiger partial charge on any atom is 0.335 e. The number of nitrogens with zero attached hydrogens (tertiary/aromatic N) is 3. The van der Waals surface area contributed by atoms with Crippen LogP contribution in [0.5, 0.6) is 11.5 Å². The number of nitriles is 2. The van der Waals surface area contributed by atoms with Gasteiger partial charge in [0, 0.05) is 11.1 Å². The molecule has 1 heterocycles. The van der Waals surface area contributed by atoms with Crippen molar-refractivity contribution >= 4 is 29.0 Å². The van der Waals surface area contributed by atoms with Crippen molar-refractivity contribution < 1.29 is 19.4 Å². The van der Waals surface area contributed by atoms with Crippen LogP contribution in [0.3, 0.4) is 0 Å². The molecule has 0 fully saturated rings. The Morgan fingerprint density at radius 2 is 1.86 bits per heavy atom. The number of anilines is 1. The second-order valence-corrected chi connectivity index (χ2v) is 8.17. The predicted molar refractivity (Wildman–Crippen MR) is 135 cm³/mol. The number of rotatable bonds is 6. The Hall–Kier alpha value is -5.08. The van der Waals surface area contributed by atoms with Crippen LogP contribution in [0.4, 0.5) is 5.82 Å². The minimum atomic E-state index is -0.996. The van der Waals surface area contributed by atoms with Gasteiger partial charge in [0.1, 0.15) is 24.6 Å². The highest BCUT2D eigenvalue weighted by atomic mass is 16.5. The number of carboxylic acids is 1. The fourth-order valence-corrected chi connectivity index (χ4v) is 4.21. The molecule has 4 rings (SSSR count). The van der Waals surface area contributed by atoms with Gasteiger partial charge in [0.25, 0.3) is 0 Å². The molecule has 0 bridgehead atoms. The molecule has 1 aliphatic rings. The van der Waals surface area contributed by atoms with E-state index in [1.165, 1.54) is 12.1 Å². The molecule has 0 saturated heterocycles. The van der Waals surface area contributed by atoms with Gasteiger partial charge in [-0.25, -0.2) is 9.78 Å². The first kappa shape index (κ1) is 24.1. The van der Waals surface area contributed by atoms with E-state index in [0.29, 0.717) is 39.5 Å². The summed E-state index contributed by atoms with van der Waals surface area (Å²) in [5.41, 5.74) is 11.6. The van der Waals surface area contributed by atoms with Gasteiger partial charge in [0.05, 0.1) is 29.5 Å². The number of hydrogen-bond donors (Lipinski definition) is 2. The molecule has 8 heteroatoms. The van der Waals surface area contributed by atoms with E-state index in [0.717, 1.165) is 16.7 Å². The molecule has 0 spiro atoms. The lowest BCUT2D eigenvalue weighted by Gasteiger charge is -2.15. The van der Waals surface area contributed by atoms with Crippen molar-refractivity contribution in [3.63, 3.8) is 0 Å². The Morgan fingerprint density at radius 1 is 1.14 bits per heavy atom. The van der Waals surface area contributed by atoms with Crippen molar-refractivity contribution in [1.82, 2.24) is 4.98 Å². The number of fused-ring (bicyclic) bond motifs is 1. The molecule has 3 N–H and O–H groups in total. The van der Waals surface area contributed by atoms with Crippen LogP contribution in [0.15, 0.2) is 48.0 Å². The van der Waals surface area contributed by atoms with Gasteiger partial charge in [-0.1, -0.05) is 24.3 Å². The van der Waals surface area contributed by atoms with E-state index in [9.17, 15) is 15.3 Å². The highest BCUT2D eigenvalue weighted by molar-refractivity contribution is 6.09. The largest absolute Gasteiger partial charge is 0.493 e. The van der Waals surface area contributed by atoms with Crippen molar-refractivity contribution in [2.24, 2.45) is 0 Å². The first-order chi connectivity index (χ1) is 17.3. The fourth-order valence-electron chi connectivity index (χ4n) is 4.21. The molecule has 8 nitrogen and oxygen atoms in total. The number of aromatic carboxylic acids is 1. The minimum absolute atomic E-state index is 0.0925. The molecule has 178 valence electrons. The maximum absolute atomic E-state index is 11.1. The van der Waals surface area contributed by atoms with Crippen LogP contribution in [0.2, 0.25) is 0 Å². The third-order valence-corrected chi connectivity index (χ3v) is 6.10. The van der Waals surface area contributed by atoms with Crippen molar-refractivity contribution in [2.45, 2.75) is 20.5 Å². The van der Waals surface area contributed by atoms with Gasteiger partial charge in [-0.3, -0.25) is 0 Å². The summed E-state index contributed by atoms with van der Waals surface area (Å²) in [4.78, 5) is 15.5. The number of hydrogen-bond acceptors (Lipinski definition) is 7. The average Bonchev–Trinajstić information content (AvgIpc) is 3.13. The highest BCUT2D eigenvalue weighted by Gasteiger charge is 2.30. The van der Waals surface area contributed by atoms with Gasteiger partial charge in [0.2, 0.25) is 0 Å². The van der Waals surface area contributed by atoms with Crippen molar-refractivity contribution in [2.75, 3.05) is 12.8 Å². The molecular formula is C28H22N4O4. The summed E-state index contributed by atoms with van der Waals surface area (Å²) in [7, 11) is 1.54. The number of aromatic nitrogens is 1. The third-order valence-electron chi connectivity index (χ3n) is 6.10. The van der Waals surface area contributed by atoms with Gasteiger partial charge in [-0.2, -0.15) is 10.5 Å². The number of carboxylic acid groups (broad SMARTS) is 1. The number of pyridine rings is 1. The zero-order valence-electron chi connectivity index (χ0n) is 19.9. The Labute approximate surface area is 208 Å². The zero-order valence-corrected chi connectivity index (χ0v) is 19.9. The second kappa shape index (κ2) is 9.65. The monoisotopic (exact) mass is 478 g/mol. The fraction of sp³-hybridized carbons (Fsp3) is 0.143. The quantitative estimate of drug-likeness (QED) is 0.505. The van der Waals surface area contributed by atoms with E-state index >= 15 is 0 Å². The number of allylic oxidation sites excluding steroid dienone is 3. The summed E-state index contributed by atoms with van der Waals surface area (Å²) in [6, 6.07) is 16.2. The van der Waals surface area contributed by atoms with Gasteiger partial charge in [-0.05, 0) is 60.4 Å². The normalized spacial score (nSPS) is 13.2. The number of nitrogens with two attached hydrogens (primary N) is 1. The summed E-state index contributed by atoms with van der Waals surface area (Å²) >= 11 is 0. The SMILES string of the molecule is COc1cccc(/C=C2/C(C)=C(C#N)c3nc(N)c(C#N)c(C)c32)c1OCc1ccc(C(=O)O)cc1. The molecule has 0 unspecified atom stereocenters. The molecule has 0 saturated carbocycles. The highest BCUT2D eigenvalue weighted by Crippen LogP contribution is 2.45. The van der Waals surface area contributed by atoms with E-state index in [2.05, 4.69) is 17.1 Å². The minimum Gasteiger partial charge on any atom is -0.493 e. The number of para-hydroxylation sites is 1. The first-order valence-electron chi connectivity index (χ1n) is 11.0. The molecular weight excluding hydrogens is 456 g/mol. The molecule has 1 aromatic heterocycles. The molecule has 0 amide bonds. The number of ether oxygens (including phenoxy) is 2. The topological polar surface area (TPSA) is 142 Å². The number of nitrogen functional groups attached to an aromatic ring is 1. The van der Waals surface area contributed by atoms with Crippen molar-refractivity contribution in [1.29, 1.82) is 10.5 Å². The molecule has 36 heavy (non-hydrogen) atoms. The third kappa shape index (κ3) is 4.13. The smallest absolute Gasteiger partial charge is 0.335 e. The Morgan fingerprint density at radius 3 is 2.47 bits per heavy atom. The molecule has 1 aliphatic carbocycles. The average molecular weight is 479 g/mol. The summed E-state index contributed by atoms with van der Waals surface area (Å²) in [6.07, 6.45) is 1.88. The van der Waals surface area contributed by atoms with E-state index in [-0.39, 0.29) is 23.6 Å². The Balaban J connectivity index is 1.81. The van der Waals surface area contributed by atoms with Crippen LogP contribution in [-0.4, -0.2) is 23.2 Å². The zero-order chi connectivity index (χ0) is 26.0. The van der Waals surface area contributed by atoms with Crippen LogP contribution < -0.4 is 15.2 Å². The van der Waals surface area contributed by atoms with Crippen molar-refractivity contribution in [3.05, 3.63) is 87.1 Å². The molecule has 2 aromatic carbocycles. The Kier molecular flexibility index (Phi) is 6.45. The van der Waals surface area contributed by atoms with Crippen LogP contribution in [0, 0.1) is 29.6 Å². The van der Waals surface area contributed by atoms with Gasteiger partial charge in [0.15, 0.2) is 11.5 Å². The van der Waals surface area contributed by atoms with E-state index in [4.69, 9.17) is 20.3 Å². The Bertz CT molecular complexity index is 1540. The van der Waals surface area contributed by atoms with Gasteiger partial charge >= 0.3 is 5.97 Å².